The maximum absolute atomic E-state index is 12.3. The van der Waals surface area contributed by atoms with Crippen LogP contribution in [0.15, 0.2) is 67.1 Å². The Morgan fingerprint density at radius 1 is 1.08 bits per heavy atom. The number of carbonyl (C=O) groups excluding carboxylic acids is 1. The van der Waals surface area contributed by atoms with E-state index in [4.69, 9.17) is 5.73 Å². The van der Waals surface area contributed by atoms with Gasteiger partial charge in [0, 0.05) is 35.4 Å². The molecule has 0 unspecified atom stereocenters. The van der Waals surface area contributed by atoms with Crippen molar-refractivity contribution in [3.8, 4) is 11.1 Å². The van der Waals surface area contributed by atoms with Gasteiger partial charge in [0.25, 0.3) is 0 Å². The third-order valence-corrected chi connectivity index (χ3v) is 3.90. The minimum absolute atomic E-state index is 0.0555. The average molecular weight is 329 g/mol. The number of ketones is 1. The molecule has 0 aliphatic rings. The Hall–Kier alpha value is -3.54. The van der Waals surface area contributed by atoms with Crippen LogP contribution in [-0.4, -0.2) is 25.4 Å². The van der Waals surface area contributed by atoms with Gasteiger partial charge in [0.05, 0.1) is 6.42 Å². The van der Waals surface area contributed by atoms with Crippen molar-refractivity contribution < 1.29 is 4.79 Å². The molecule has 4 rings (SSSR count). The van der Waals surface area contributed by atoms with E-state index in [1.165, 1.54) is 0 Å². The van der Waals surface area contributed by atoms with Crippen LogP contribution in [-0.2, 0) is 6.42 Å². The molecule has 0 aliphatic heterocycles. The fraction of sp³-hybridized carbons (Fsp3) is 0.0526. The monoisotopic (exact) mass is 329 g/mol. The molecule has 0 aliphatic carbocycles. The van der Waals surface area contributed by atoms with E-state index in [2.05, 4.69) is 15.1 Å². The molecule has 4 aromatic rings. The predicted octanol–water partition coefficient (Wildman–Crippen LogP) is 2.80. The Kier molecular flexibility index (Phi) is 3.70. The summed E-state index contributed by atoms with van der Waals surface area (Å²) in [5, 5.41) is 4.42. The fourth-order valence-electron chi connectivity index (χ4n) is 2.67. The van der Waals surface area contributed by atoms with Crippen molar-refractivity contribution in [2.24, 2.45) is 0 Å². The number of hydrogen-bond acceptors (Lipinski definition) is 5. The highest BCUT2D eigenvalue weighted by Crippen LogP contribution is 2.21. The summed E-state index contributed by atoms with van der Waals surface area (Å²) in [6.45, 7) is 0. The highest BCUT2D eigenvalue weighted by atomic mass is 16.1. The van der Waals surface area contributed by atoms with Crippen molar-refractivity contribution in [1.29, 1.82) is 0 Å². The van der Waals surface area contributed by atoms with Gasteiger partial charge in [0.15, 0.2) is 17.3 Å². The van der Waals surface area contributed by atoms with Crippen molar-refractivity contribution in [1.82, 2.24) is 19.6 Å². The third-order valence-electron chi connectivity index (χ3n) is 3.90. The van der Waals surface area contributed by atoms with E-state index in [1.807, 2.05) is 42.6 Å². The summed E-state index contributed by atoms with van der Waals surface area (Å²) in [6.07, 6.45) is 5.21. The first-order valence-corrected chi connectivity index (χ1v) is 7.83. The summed E-state index contributed by atoms with van der Waals surface area (Å²) in [6, 6.07) is 15.0. The lowest BCUT2D eigenvalue weighted by Gasteiger charge is -2.02. The van der Waals surface area contributed by atoms with E-state index in [0.29, 0.717) is 22.7 Å². The summed E-state index contributed by atoms with van der Waals surface area (Å²) in [4.78, 5) is 20.7. The van der Waals surface area contributed by atoms with Crippen LogP contribution in [0.1, 0.15) is 16.2 Å². The van der Waals surface area contributed by atoms with Gasteiger partial charge in [-0.2, -0.15) is 5.10 Å². The minimum atomic E-state index is -0.0555. The topological polar surface area (TPSA) is 86.2 Å². The highest BCUT2D eigenvalue weighted by molar-refractivity contribution is 5.96. The summed E-state index contributed by atoms with van der Waals surface area (Å²) in [7, 11) is 0. The van der Waals surface area contributed by atoms with Crippen LogP contribution in [0.3, 0.4) is 0 Å². The molecule has 1 aromatic carbocycles. The van der Waals surface area contributed by atoms with E-state index in [-0.39, 0.29) is 12.2 Å². The molecule has 0 fully saturated rings. The van der Waals surface area contributed by atoms with E-state index in [0.717, 1.165) is 11.1 Å². The van der Waals surface area contributed by atoms with Crippen LogP contribution in [0.25, 0.3) is 16.8 Å². The molecule has 6 heteroatoms. The largest absolute Gasteiger partial charge is 0.399 e. The second-order valence-electron chi connectivity index (χ2n) is 5.72. The quantitative estimate of drug-likeness (QED) is 0.459. The second kappa shape index (κ2) is 6.16. The number of hydrogen-bond donors (Lipinski definition) is 1. The number of carbonyl (C=O) groups is 1. The maximum Gasteiger partial charge on any atom is 0.172 e. The lowest BCUT2D eigenvalue weighted by molar-refractivity contribution is 0.0990. The molecule has 0 radical (unpaired) electrons. The number of anilines is 1. The SMILES string of the molecule is Nc1cccc(-c2ccc3nc(CC(=O)c4cccnc4)nn3c2)c1. The molecule has 2 N–H and O–H groups in total. The molecule has 25 heavy (non-hydrogen) atoms. The molecule has 6 nitrogen and oxygen atoms in total. The van der Waals surface area contributed by atoms with Crippen molar-refractivity contribution in [3.05, 3.63) is 78.5 Å². The van der Waals surface area contributed by atoms with Gasteiger partial charge in [-0.15, -0.1) is 0 Å². The molecule has 3 heterocycles. The molecule has 0 bridgehead atoms. The van der Waals surface area contributed by atoms with Crippen LogP contribution >= 0.6 is 0 Å². The lowest BCUT2D eigenvalue weighted by Crippen LogP contribution is -2.05. The zero-order valence-electron chi connectivity index (χ0n) is 13.3. The highest BCUT2D eigenvalue weighted by Gasteiger charge is 2.12. The van der Waals surface area contributed by atoms with Gasteiger partial charge in [0.1, 0.15) is 0 Å². The molecular weight excluding hydrogens is 314 g/mol. The summed E-state index contributed by atoms with van der Waals surface area (Å²) >= 11 is 0. The van der Waals surface area contributed by atoms with Crippen LogP contribution in [0.2, 0.25) is 0 Å². The molecule has 0 saturated carbocycles. The van der Waals surface area contributed by atoms with Crippen molar-refractivity contribution >= 4 is 17.1 Å². The van der Waals surface area contributed by atoms with Crippen molar-refractivity contribution in [3.63, 3.8) is 0 Å². The van der Waals surface area contributed by atoms with Crippen LogP contribution < -0.4 is 5.73 Å². The number of nitrogens with two attached hydrogens (primary N) is 1. The number of nitrogen functional groups attached to an aromatic ring is 1. The molecule has 0 amide bonds. The molecule has 0 atom stereocenters. The summed E-state index contributed by atoms with van der Waals surface area (Å²) in [5.41, 5.74) is 9.79. The number of pyridine rings is 2. The van der Waals surface area contributed by atoms with Gasteiger partial charge in [-0.3, -0.25) is 9.78 Å². The van der Waals surface area contributed by atoms with Gasteiger partial charge in [-0.05, 0) is 42.0 Å². The smallest absolute Gasteiger partial charge is 0.172 e. The standard InChI is InChI=1S/C19H15N5O/c20-16-5-1-3-13(9-16)15-6-7-19-22-18(23-24(19)12-15)10-17(25)14-4-2-8-21-11-14/h1-9,11-12H,10,20H2. The second-order valence-corrected chi connectivity index (χ2v) is 5.72. The van der Waals surface area contributed by atoms with Crippen molar-refractivity contribution in [2.45, 2.75) is 6.42 Å². The molecular formula is C19H15N5O. The zero-order valence-corrected chi connectivity index (χ0v) is 13.3. The van der Waals surface area contributed by atoms with Crippen molar-refractivity contribution in [2.75, 3.05) is 5.73 Å². The van der Waals surface area contributed by atoms with Gasteiger partial charge >= 0.3 is 0 Å². The first-order valence-electron chi connectivity index (χ1n) is 7.83. The number of fused-ring (bicyclic) bond motifs is 1. The number of nitrogens with zero attached hydrogens (tertiary/aromatic N) is 4. The Bertz CT molecular complexity index is 1060. The number of Topliss-reactive ketones (excluding diaryl/α,β-unsaturated/α-hetero) is 1. The van der Waals surface area contributed by atoms with Gasteiger partial charge < -0.3 is 5.73 Å². The van der Waals surface area contributed by atoms with E-state index in [1.54, 1.807) is 29.0 Å². The number of aromatic nitrogens is 4. The van der Waals surface area contributed by atoms with Gasteiger partial charge in [0.2, 0.25) is 0 Å². The number of rotatable bonds is 4. The zero-order chi connectivity index (χ0) is 17.2. The Morgan fingerprint density at radius 3 is 2.80 bits per heavy atom. The van der Waals surface area contributed by atoms with Crippen LogP contribution in [0, 0.1) is 0 Å². The lowest BCUT2D eigenvalue weighted by atomic mass is 10.1. The fourth-order valence-corrected chi connectivity index (χ4v) is 2.67. The average Bonchev–Trinajstić information content (AvgIpc) is 3.03. The third kappa shape index (κ3) is 3.10. The molecule has 0 spiro atoms. The van der Waals surface area contributed by atoms with E-state index in [9.17, 15) is 4.79 Å². The van der Waals surface area contributed by atoms with E-state index >= 15 is 0 Å². The summed E-state index contributed by atoms with van der Waals surface area (Å²) < 4.78 is 1.68. The Labute approximate surface area is 144 Å². The molecule has 0 saturated heterocycles. The first-order chi connectivity index (χ1) is 12.2. The van der Waals surface area contributed by atoms with E-state index < -0.39 is 0 Å². The predicted molar refractivity (Wildman–Crippen MR) is 95.1 cm³/mol. The van der Waals surface area contributed by atoms with Crippen LogP contribution in [0.4, 0.5) is 5.69 Å². The van der Waals surface area contributed by atoms with Crippen LogP contribution in [0.5, 0.6) is 0 Å². The summed E-state index contributed by atoms with van der Waals surface area (Å²) in [5.74, 6) is 0.429. The first kappa shape index (κ1) is 15.0. The Morgan fingerprint density at radius 2 is 2.00 bits per heavy atom. The maximum atomic E-state index is 12.3. The van der Waals surface area contributed by atoms with Gasteiger partial charge in [-0.25, -0.2) is 9.50 Å². The van der Waals surface area contributed by atoms with Gasteiger partial charge in [-0.1, -0.05) is 12.1 Å². The molecule has 122 valence electrons. The normalized spacial score (nSPS) is 10.9. The minimum Gasteiger partial charge on any atom is -0.399 e. The number of benzene rings is 1. The molecule has 3 aromatic heterocycles. The Balaban J connectivity index is 1.63.